The van der Waals surface area contributed by atoms with Gasteiger partial charge in [-0.15, -0.1) is 11.3 Å². The Bertz CT molecular complexity index is 1140. The minimum atomic E-state index is -0.538. The first kappa shape index (κ1) is 19.3. The van der Waals surface area contributed by atoms with E-state index in [-0.39, 0.29) is 11.7 Å². The fraction of sp³-hybridized carbons (Fsp3) is 0.0952. The van der Waals surface area contributed by atoms with Crippen molar-refractivity contribution in [3.05, 3.63) is 94.2 Å². The van der Waals surface area contributed by atoms with E-state index < -0.39 is 6.04 Å². The molecule has 0 spiro atoms. The number of aryl methyl sites for hydroxylation is 1. The first-order valence-corrected chi connectivity index (χ1v) is 10.0. The number of aromatic nitrogens is 3. The number of carbonyl (C=O) groups is 1. The van der Waals surface area contributed by atoms with E-state index in [1.54, 1.807) is 42.0 Å². The highest BCUT2D eigenvalue weighted by atomic mass is 35.5. The summed E-state index contributed by atoms with van der Waals surface area (Å²) in [6.45, 7) is 0. The highest BCUT2D eigenvalue weighted by Gasteiger charge is 2.23. The Balaban J connectivity index is 1.61. The van der Waals surface area contributed by atoms with E-state index >= 15 is 0 Å². The Hall–Kier alpha value is -3.03. The lowest BCUT2D eigenvalue weighted by Gasteiger charge is -2.18. The lowest BCUT2D eigenvalue weighted by Crippen LogP contribution is -2.31. The molecule has 0 aliphatic heterocycles. The second kappa shape index (κ2) is 8.14. The maximum atomic E-state index is 13.4. The molecule has 2 aromatic carbocycles. The predicted molar refractivity (Wildman–Crippen MR) is 111 cm³/mol. The molecule has 146 valence electrons. The second-order valence-electron chi connectivity index (χ2n) is 6.40. The minimum absolute atomic E-state index is 0.307. The molecule has 0 bridgehead atoms. The average Bonchev–Trinajstić information content (AvgIpc) is 3.37. The fourth-order valence-electron chi connectivity index (χ4n) is 2.92. The van der Waals surface area contributed by atoms with Gasteiger partial charge in [-0.25, -0.2) is 14.4 Å². The molecular weight excluding hydrogens is 411 g/mol. The van der Waals surface area contributed by atoms with Crippen LogP contribution in [0, 0.1) is 5.82 Å². The number of benzene rings is 2. The van der Waals surface area contributed by atoms with Crippen LogP contribution in [0.1, 0.15) is 27.9 Å². The zero-order chi connectivity index (χ0) is 20.4. The number of halogens is 2. The molecule has 2 heterocycles. The third-order valence-corrected chi connectivity index (χ3v) is 5.57. The molecule has 0 saturated carbocycles. The predicted octanol–water partition coefficient (Wildman–Crippen LogP) is 4.86. The Morgan fingerprint density at radius 3 is 2.55 bits per heavy atom. The summed E-state index contributed by atoms with van der Waals surface area (Å²) in [5.41, 5.74) is 1.92. The van der Waals surface area contributed by atoms with E-state index in [2.05, 4.69) is 15.3 Å². The summed E-state index contributed by atoms with van der Waals surface area (Å²) < 4.78 is 15.2. The molecule has 8 heteroatoms. The van der Waals surface area contributed by atoms with Crippen LogP contribution in [0.15, 0.2) is 66.3 Å². The van der Waals surface area contributed by atoms with Gasteiger partial charge in [0, 0.05) is 35.4 Å². The summed E-state index contributed by atoms with van der Waals surface area (Å²) in [4.78, 5) is 21.7. The Kier molecular flexibility index (Phi) is 5.42. The van der Waals surface area contributed by atoms with Crippen molar-refractivity contribution in [3.8, 4) is 10.6 Å². The summed E-state index contributed by atoms with van der Waals surface area (Å²) in [5, 5.41) is 6.04. The van der Waals surface area contributed by atoms with E-state index in [1.807, 2.05) is 23.7 Å². The molecule has 0 fully saturated rings. The fourth-order valence-corrected chi connectivity index (χ4v) is 3.85. The van der Waals surface area contributed by atoms with Crippen LogP contribution in [-0.4, -0.2) is 20.4 Å². The van der Waals surface area contributed by atoms with Crippen molar-refractivity contribution < 1.29 is 9.18 Å². The summed E-state index contributed by atoms with van der Waals surface area (Å²) in [7, 11) is 1.84. The van der Waals surface area contributed by atoms with Gasteiger partial charge in [0.1, 0.15) is 28.4 Å². The number of nitrogens with one attached hydrogen (secondary N) is 1. The summed E-state index contributed by atoms with van der Waals surface area (Å²) in [6.07, 6.45) is 3.44. The second-order valence-corrected chi connectivity index (χ2v) is 7.69. The Morgan fingerprint density at radius 1 is 1.17 bits per heavy atom. The molecule has 4 aromatic rings. The van der Waals surface area contributed by atoms with E-state index in [0.29, 0.717) is 16.5 Å². The van der Waals surface area contributed by atoms with Gasteiger partial charge < -0.3 is 9.88 Å². The van der Waals surface area contributed by atoms with Crippen molar-refractivity contribution in [3.63, 3.8) is 0 Å². The van der Waals surface area contributed by atoms with Crippen LogP contribution in [0.4, 0.5) is 4.39 Å². The molecule has 4 rings (SSSR count). The number of thiazole rings is 1. The summed E-state index contributed by atoms with van der Waals surface area (Å²) in [5.74, 6) is -0.0392. The zero-order valence-electron chi connectivity index (χ0n) is 15.3. The van der Waals surface area contributed by atoms with Crippen LogP contribution in [0.2, 0.25) is 5.02 Å². The first-order valence-electron chi connectivity index (χ1n) is 8.76. The maximum Gasteiger partial charge on any atom is 0.271 e. The number of hydrogen-bond acceptors (Lipinski definition) is 4. The van der Waals surface area contributed by atoms with Crippen LogP contribution < -0.4 is 5.32 Å². The molecule has 5 nitrogen and oxygen atoms in total. The van der Waals surface area contributed by atoms with Crippen LogP contribution in [0.25, 0.3) is 10.6 Å². The molecule has 0 aliphatic carbocycles. The molecule has 0 saturated heterocycles. The van der Waals surface area contributed by atoms with E-state index in [9.17, 15) is 9.18 Å². The number of carbonyl (C=O) groups excluding carboxylic acids is 1. The molecule has 1 unspecified atom stereocenters. The summed E-state index contributed by atoms with van der Waals surface area (Å²) in [6, 6.07) is 12.7. The lowest BCUT2D eigenvalue weighted by atomic mass is 10.1. The highest BCUT2D eigenvalue weighted by molar-refractivity contribution is 7.13. The van der Waals surface area contributed by atoms with Crippen molar-refractivity contribution in [2.45, 2.75) is 6.04 Å². The van der Waals surface area contributed by atoms with Crippen LogP contribution in [-0.2, 0) is 7.05 Å². The van der Waals surface area contributed by atoms with Gasteiger partial charge in [0.05, 0.1) is 0 Å². The number of hydrogen-bond donors (Lipinski definition) is 1. The topological polar surface area (TPSA) is 59.8 Å². The molecule has 0 radical (unpaired) electrons. The number of imidazole rings is 1. The van der Waals surface area contributed by atoms with Crippen LogP contribution in [0.3, 0.4) is 0 Å². The highest BCUT2D eigenvalue weighted by Crippen LogP contribution is 2.26. The van der Waals surface area contributed by atoms with Gasteiger partial charge in [0.15, 0.2) is 0 Å². The van der Waals surface area contributed by atoms with Gasteiger partial charge in [-0.3, -0.25) is 4.79 Å². The van der Waals surface area contributed by atoms with E-state index in [1.165, 1.54) is 23.5 Å². The lowest BCUT2D eigenvalue weighted by molar-refractivity contribution is 0.0937. The van der Waals surface area contributed by atoms with Gasteiger partial charge in [-0.2, -0.15) is 0 Å². The van der Waals surface area contributed by atoms with Gasteiger partial charge in [0.2, 0.25) is 0 Å². The van der Waals surface area contributed by atoms with Gasteiger partial charge in [-0.05, 0) is 29.8 Å². The largest absolute Gasteiger partial charge is 0.337 e. The van der Waals surface area contributed by atoms with E-state index in [0.717, 1.165) is 16.1 Å². The van der Waals surface area contributed by atoms with E-state index in [4.69, 9.17) is 11.6 Å². The van der Waals surface area contributed by atoms with Gasteiger partial charge in [-0.1, -0.05) is 35.9 Å². The molecule has 0 aliphatic rings. The maximum absolute atomic E-state index is 13.4. The summed E-state index contributed by atoms with van der Waals surface area (Å²) >= 11 is 7.31. The van der Waals surface area contributed by atoms with Gasteiger partial charge in [0.25, 0.3) is 5.91 Å². The third-order valence-electron chi connectivity index (χ3n) is 4.42. The molecule has 1 atom stereocenters. The molecule has 1 amide bonds. The molecule has 29 heavy (non-hydrogen) atoms. The first-order chi connectivity index (χ1) is 14.0. The minimum Gasteiger partial charge on any atom is -0.337 e. The monoisotopic (exact) mass is 426 g/mol. The smallest absolute Gasteiger partial charge is 0.271 e. The van der Waals surface area contributed by atoms with Crippen molar-refractivity contribution in [2.75, 3.05) is 0 Å². The van der Waals surface area contributed by atoms with Crippen molar-refractivity contribution in [2.24, 2.45) is 7.05 Å². The SMILES string of the molecule is Cn1ccnc1C(NC(=O)c1csc(-c2ccc(Cl)cc2)n1)c1ccc(F)cc1. The molecule has 2 aromatic heterocycles. The number of nitrogens with zero attached hydrogens (tertiary/aromatic N) is 3. The normalized spacial score (nSPS) is 12.0. The van der Waals surface area contributed by atoms with Crippen molar-refractivity contribution in [1.29, 1.82) is 0 Å². The van der Waals surface area contributed by atoms with Crippen molar-refractivity contribution >= 4 is 28.8 Å². The molecule has 1 N–H and O–H groups in total. The van der Waals surface area contributed by atoms with Gasteiger partial charge >= 0.3 is 0 Å². The standard InChI is InChI=1S/C21H16ClFN4OS/c1-27-11-10-24-19(27)18(13-4-8-16(23)9-5-13)26-20(28)17-12-29-21(25-17)14-2-6-15(22)7-3-14/h2-12,18H,1H3,(H,26,28). The zero-order valence-corrected chi connectivity index (χ0v) is 16.9. The number of amides is 1. The third kappa shape index (κ3) is 4.21. The number of rotatable bonds is 5. The van der Waals surface area contributed by atoms with Crippen LogP contribution in [0.5, 0.6) is 0 Å². The molecular formula is C21H16ClFN4OS. The quantitative estimate of drug-likeness (QED) is 0.496. The average molecular weight is 427 g/mol. The van der Waals surface area contributed by atoms with Crippen molar-refractivity contribution in [1.82, 2.24) is 19.9 Å². The van der Waals surface area contributed by atoms with Crippen LogP contribution >= 0.6 is 22.9 Å². The Morgan fingerprint density at radius 2 is 1.90 bits per heavy atom. The Labute approximate surface area is 175 Å².